The molecule has 0 radical (unpaired) electrons. The van der Waals surface area contributed by atoms with Gasteiger partial charge in [0.25, 0.3) is 0 Å². The van der Waals surface area contributed by atoms with Gasteiger partial charge in [-0.05, 0) is 31.2 Å². The van der Waals surface area contributed by atoms with E-state index in [9.17, 15) is 9.90 Å². The van der Waals surface area contributed by atoms with Crippen molar-refractivity contribution in [3.63, 3.8) is 0 Å². The number of hydrogen-bond donors (Lipinski definition) is 0. The number of pyridine rings is 1. The number of hydrogen-bond acceptors (Lipinski definition) is 2. The fourth-order valence-electron chi connectivity index (χ4n) is 2.43. The Morgan fingerprint density at radius 1 is 1.56 bits per heavy atom. The van der Waals surface area contributed by atoms with Crippen molar-refractivity contribution in [1.29, 1.82) is 0 Å². The molecule has 3 nitrogen and oxygen atoms in total. The molecule has 2 atom stereocenters. The number of aryl methyl sites for hydroxylation is 1. The third kappa shape index (κ3) is 1.70. The first-order valence-electron chi connectivity index (χ1n) is 5.75. The first-order chi connectivity index (χ1) is 7.50. The molecule has 1 aliphatic rings. The summed E-state index contributed by atoms with van der Waals surface area (Å²) in [4.78, 5) is 10.9. The highest BCUT2D eigenvalue weighted by Gasteiger charge is 2.26. The average Bonchev–Trinajstić information content (AvgIpc) is 2.60. The molecule has 0 bridgehead atoms. The van der Waals surface area contributed by atoms with Crippen molar-refractivity contribution in [3.05, 3.63) is 29.1 Å². The Morgan fingerprint density at radius 3 is 2.88 bits per heavy atom. The quantitative estimate of drug-likeness (QED) is 0.685. The molecular weight excluding hydrogens is 202 g/mol. The normalized spacial score (nSPS) is 20.6. The van der Waals surface area contributed by atoms with Gasteiger partial charge in [-0.15, -0.1) is 0 Å². The standard InChI is InChI=1S/C13H17NO2/c1-8-4-5-11-9(2)6-14(7-12(8)11)10(3)13(15)16/h6-8,10H,4-5H2,1-3H3. The van der Waals surface area contributed by atoms with Crippen LogP contribution in [0.25, 0.3) is 0 Å². The molecule has 86 valence electrons. The van der Waals surface area contributed by atoms with Crippen LogP contribution < -0.4 is 9.67 Å². The van der Waals surface area contributed by atoms with Crippen LogP contribution in [0.5, 0.6) is 0 Å². The van der Waals surface area contributed by atoms with Gasteiger partial charge in [-0.1, -0.05) is 6.92 Å². The first kappa shape index (κ1) is 11.1. The lowest BCUT2D eigenvalue weighted by Crippen LogP contribution is -2.48. The average molecular weight is 219 g/mol. The van der Waals surface area contributed by atoms with E-state index in [1.165, 1.54) is 23.1 Å². The zero-order chi connectivity index (χ0) is 11.9. The summed E-state index contributed by atoms with van der Waals surface area (Å²) in [5.41, 5.74) is 3.89. The summed E-state index contributed by atoms with van der Waals surface area (Å²) in [6.07, 6.45) is 6.17. The van der Waals surface area contributed by atoms with Crippen molar-refractivity contribution in [2.45, 2.75) is 45.6 Å². The van der Waals surface area contributed by atoms with Gasteiger partial charge in [0, 0.05) is 18.1 Å². The second-order valence-corrected chi connectivity index (χ2v) is 4.76. The van der Waals surface area contributed by atoms with Crippen molar-refractivity contribution in [3.8, 4) is 0 Å². The number of carbonyl (C=O) groups is 1. The second kappa shape index (κ2) is 3.89. The monoisotopic (exact) mass is 219 g/mol. The molecular formula is C13H17NO2. The molecule has 0 N–H and O–H groups in total. The zero-order valence-corrected chi connectivity index (χ0v) is 9.99. The van der Waals surface area contributed by atoms with Crippen LogP contribution in [0.2, 0.25) is 0 Å². The number of carboxylic acid groups (broad SMARTS) is 1. The van der Waals surface area contributed by atoms with Gasteiger partial charge >= 0.3 is 0 Å². The number of carboxylic acids is 1. The molecule has 1 aromatic rings. The van der Waals surface area contributed by atoms with Crippen LogP contribution >= 0.6 is 0 Å². The van der Waals surface area contributed by atoms with Crippen molar-refractivity contribution in [1.82, 2.24) is 0 Å². The molecule has 0 amide bonds. The molecule has 2 unspecified atom stereocenters. The summed E-state index contributed by atoms with van der Waals surface area (Å²) in [5.74, 6) is -0.495. The molecule has 0 fully saturated rings. The van der Waals surface area contributed by atoms with Crippen LogP contribution in [-0.4, -0.2) is 5.97 Å². The highest BCUT2D eigenvalue weighted by molar-refractivity contribution is 5.66. The van der Waals surface area contributed by atoms with Crippen LogP contribution in [0, 0.1) is 6.92 Å². The predicted molar refractivity (Wildman–Crippen MR) is 57.8 cm³/mol. The summed E-state index contributed by atoms with van der Waals surface area (Å²) in [5, 5.41) is 10.9. The third-order valence-corrected chi connectivity index (χ3v) is 3.60. The number of carbonyl (C=O) groups excluding carboxylic acids is 1. The summed E-state index contributed by atoms with van der Waals surface area (Å²) in [6, 6.07) is -0.600. The van der Waals surface area contributed by atoms with E-state index < -0.39 is 12.0 Å². The Kier molecular flexibility index (Phi) is 2.70. The summed E-state index contributed by atoms with van der Waals surface area (Å²) in [7, 11) is 0. The first-order valence-corrected chi connectivity index (χ1v) is 5.75. The minimum atomic E-state index is -1.03. The minimum absolute atomic E-state index is 0.537. The molecule has 0 aromatic carbocycles. The second-order valence-electron chi connectivity index (χ2n) is 4.76. The SMILES string of the molecule is Cc1c[n+](C(C)C(=O)[O-])cc2c1CCC2C. The maximum atomic E-state index is 10.9. The topological polar surface area (TPSA) is 44.0 Å². The van der Waals surface area contributed by atoms with E-state index in [1.54, 1.807) is 11.5 Å². The van der Waals surface area contributed by atoms with Crippen molar-refractivity contribution < 1.29 is 14.5 Å². The Hall–Kier alpha value is -1.38. The number of nitrogens with zero attached hydrogens (tertiary/aromatic N) is 1. The minimum Gasteiger partial charge on any atom is -0.543 e. The Labute approximate surface area is 95.7 Å². The molecule has 2 rings (SSSR count). The molecule has 0 spiro atoms. The summed E-state index contributed by atoms with van der Waals surface area (Å²) >= 11 is 0. The van der Waals surface area contributed by atoms with Crippen LogP contribution in [0.1, 0.15) is 48.9 Å². The van der Waals surface area contributed by atoms with Gasteiger partial charge in [-0.25, -0.2) is 0 Å². The maximum Gasteiger partial charge on any atom is 0.194 e. The summed E-state index contributed by atoms with van der Waals surface area (Å²) in [6.45, 7) is 5.90. The molecule has 1 heterocycles. The van der Waals surface area contributed by atoms with Crippen molar-refractivity contribution in [2.75, 3.05) is 0 Å². The number of fused-ring (bicyclic) bond motifs is 1. The van der Waals surface area contributed by atoms with E-state index in [-0.39, 0.29) is 0 Å². The smallest absolute Gasteiger partial charge is 0.194 e. The van der Waals surface area contributed by atoms with E-state index in [2.05, 4.69) is 13.8 Å². The van der Waals surface area contributed by atoms with Crippen LogP contribution in [-0.2, 0) is 11.2 Å². The van der Waals surface area contributed by atoms with E-state index >= 15 is 0 Å². The van der Waals surface area contributed by atoms with Crippen LogP contribution in [0.4, 0.5) is 0 Å². The number of aromatic nitrogens is 1. The summed E-state index contributed by atoms with van der Waals surface area (Å²) < 4.78 is 1.76. The Morgan fingerprint density at radius 2 is 2.25 bits per heavy atom. The van der Waals surface area contributed by atoms with Crippen molar-refractivity contribution >= 4 is 5.97 Å². The van der Waals surface area contributed by atoms with Gasteiger partial charge in [-0.3, -0.25) is 0 Å². The molecule has 1 aromatic heterocycles. The Balaban J connectivity index is 2.47. The van der Waals surface area contributed by atoms with Crippen molar-refractivity contribution in [2.24, 2.45) is 0 Å². The molecule has 0 saturated heterocycles. The third-order valence-electron chi connectivity index (χ3n) is 3.60. The highest BCUT2D eigenvalue weighted by Crippen LogP contribution is 2.33. The van der Waals surface area contributed by atoms with E-state index in [1.807, 2.05) is 12.4 Å². The zero-order valence-electron chi connectivity index (χ0n) is 9.99. The van der Waals surface area contributed by atoms with Crippen LogP contribution in [0.15, 0.2) is 12.4 Å². The number of rotatable bonds is 2. The van der Waals surface area contributed by atoms with E-state index in [4.69, 9.17) is 0 Å². The van der Waals surface area contributed by atoms with Gasteiger partial charge < -0.3 is 9.90 Å². The lowest BCUT2D eigenvalue weighted by atomic mass is 10.0. The van der Waals surface area contributed by atoms with Gasteiger partial charge in [0.2, 0.25) is 0 Å². The fourth-order valence-corrected chi connectivity index (χ4v) is 2.43. The molecule has 3 heteroatoms. The molecule has 16 heavy (non-hydrogen) atoms. The fraction of sp³-hybridized carbons (Fsp3) is 0.538. The lowest BCUT2D eigenvalue weighted by molar-refractivity contribution is -0.713. The van der Waals surface area contributed by atoms with Gasteiger partial charge in [0.05, 0.1) is 0 Å². The van der Waals surface area contributed by atoms with E-state index in [0.29, 0.717) is 5.92 Å². The van der Waals surface area contributed by atoms with Gasteiger partial charge in [0.1, 0.15) is 5.97 Å². The molecule has 0 saturated carbocycles. The van der Waals surface area contributed by atoms with Crippen LogP contribution in [0.3, 0.4) is 0 Å². The van der Waals surface area contributed by atoms with E-state index in [0.717, 1.165) is 6.42 Å². The predicted octanol–water partition coefficient (Wildman–Crippen LogP) is 0.643. The highest BCUT2D eigenvalue weighted by atomic mass is 16.4. The number of aliphatic carboxylic acids is 1. The largest absolute Gasteiger partial charge is 0.543 e. The Bertz CT molecular complexity index is 440. The maximum absolute atomic E-state index is 10.9. The molecule has 0 aliphatic heterocycles. The van der Waals surface area contributed by atoms with Gasteiger partial charge in [-0.2, -0.15) is 4.57 Å². The van der Waals surface area contributed by atoms with Gasteiger partial charge in [0.15, 0.2) is 18.4 Å². The lowest BCUT2D eigenvalue weighted by Gasteiger charge is -2.11. The molecule has 1 aliphatic carbocycles.